The molecule has 3 heteroatoms. The zero-order chi connectivity index (χ0) is 21.3. The molecule has 0 atom stereocenters. The van der Waals surface area contributed by atoms with Crippen LogP contribution in [0.2, 0.25) is 0 Å². The minimum absolute atomic E-state index is 0.405. The largest absolute Gasteiger partial charge is 0.344 e. The average Bonchev–Trinajstić information content (AvgIpc) is 2.75. The van der Waals surface area contributed by atoms with Crippen LogP contribution in [0.1, 0.15) is 55.7 Å². The normalized spacial score (nSPS) is 18.5. The van der Waals surface area contributed by atoms with Gasteiger partial charge < -0.3 is 4.90 Å². The van der Waals surface area contributed by atoms with E-state index in [0.717, 1.165) is 23.5 Å². The first-order chi connectivity index (χ1) is 14.6. The maximum absolute atomic E-state index is 5.04. The third-order valence-electron chi connectivity index (χ3n) is 5.69. The Labute approximate surface area is 181 Å². The summed E-state index contributed by atoms with van der Waals surface area (Å²) in [6.45, 7) is 12.9. The molecule has 2 aliphatic rings. The maximum atomic E-state index is 5.04. The molecular formula is C27H33N3. The molecule has 30 heavy (non-hydrogen) atoms. The topological polar surface area (TPSA) is 28.0 Å². The first-order valence-electron chi connectivity index (χ1n) is 10.9. The van der Waals surface area contributed by atoms with E-state index in [2.05, 4.69) is 78.8 Å². The van der Waals surface area contributed by atoms with Crippen LogP contribution in [-0.2, 0) is 6.54 Å². The molecule has 156 valence electrons. The second-order valence-electron chi connectivity index (χ2n) is 8.03. The lowest BCUT2D eigenvalue weighted by Gasteiger charge is -2.26. The molecule has 0 saturated heterocycles. The van der Waals surface area contributed by atoms with Crippen LogP contribution < -0.4 is 0 Å². The molecule has 1 heterocycles. The minimum atomic E-state index is 0.405. The molecule has 0 unspecified atom stereocenters. The van der Waals surface area contributed by atoms with Crippen LogP contribution in [0.3, 0.4) is 0 Å². The summed E-state index contributed by atoms with van der Waals surface area (Å²) in [6, 6.07) is 7.04. The molecule has 3 rings (SSSR count). The highest BCUT2D eigenvalue weighted by Crippen LogP contribution is 2.25. The zero-order valence-corrected chi connectivity index (χ0v) is 18.3. The summed E-state index contributed by atoms with van der Waals surface area (Å²) in [5, 5.41) is 0. The predicted molar refractivity (Wildman–Crippen MR) is 131 cm³/mol. The SMILES string of the molecule is C=N/C=C\C(=N/C1CCCCC1)C1=CC(=C)N(Cc2ccc(/C=C\C)c(C)c2)C=C1. The number of aliphatic imine (C=N–C) groups is 2. The van der Waals surface area contributed by atoms with Crippen molar-refractivity contribution in [2.75, 3.05) is 0 Å². The fourth-order valence-corrected chi connectivity index (χ4v) is 4.03. The van der Waals surface area contributed by atoms with E-state index in [0.29, 0.717) is 6.04 Å². The lowest BCUT2D eigenvalue weighted by atomic mass is 9.95. The molecule has 1 fully saturated rings. The fraction of sp³-hybridized carbons (Fsp3) is 0.333. The molecule has 1 aromatic carbocycles. The third kappa shape index (κ3) is 5.79. The number of aryl methyl sites for hydroxylation is 1. The van der Waals surface area contributed by atoms with Crippen molar-refractivity contribution in [1.82, 2.24) is 4.90 Å². The first kappa shape index (κ1) is 21.8. The maximum Gasteiger partial charge on any atom is 0.0666 e. The second kappa shape index (κ2) is 10.7. The number of hydrogen-bond donors (Lipinski definition) is 0. The lowest BCUT2D eigenvalue weighted by Crippen LogP contribution is -2.19. The van der Waals surface area contributed by atoms with Gasteiger partial charge in [-0.15, -0.1) is 0 Å². The van der Waals surface area contributed by atoms with Crippen LogP contribution in [0.5, 0.6) is 0 Å². The molecule has 0 amide bonds. The van der Waals surface area contributed by atoms with E-state index in [9.17, 15) is 0 Å². The summed E-state index contributed by atoms with van der Waals surface area (Å²) in [5.74, 6) is 0. The van der Waals surface area contributed by atoms with E-state index < -0.39 is 0 Å². The highest BCUT2D eigenvalue weighted by Gasteiger charge is 2.16. The summed E-state index contributed by atoms with van der Waals surface area (Å²) in [5.41, 5.74) is 6.86. The van der Waals surface area contributed by atoms with E-state index in [1.54, 1.807) is 6.20 Å². The van der Waals surface area contributed by atoms with E-state index in [1.165, 1.54) is 48.8 Å². The van der Waals surface area contributed by atoms with Crippen LogP contribution in [0.25, 0.3) is 6.08 Å². The Balaban J connectivity index is 1.74. The summed E-state index contributed by atoms with van der Waals surface area (Å²) in [7, 11) is 0. The van der Waals surface area contributed by atoms with Gasteiger partial charge in [0.25, 0.3) is 0 Å². The highest BCUT2D eigenvalue weighted by atomic mass is 15.1. The molecular weight excluding hydrogens is 366 g/mol. The second-order valence-corrected chi connectivity index (χ2v) is 8.03. The van der Waals surface area contributed by atoms with Gasteiger partial charge >= 0.3 is 0 Å². The lowest BCUT2D eigenvalue weighted by molar-refractivity contribution is 0.443. The molecule has 1 aromatic rings. The molecule has 0 spiro atoms. The molecule has 0 N–H and O–H groups in total. The van der Waals surface area contributed by atoms with E-state index in [-0.39, 0.29) is 0 Å². The van der Waals surface area contributed by atoms with Crippen molar-refractivity contribution >= 4 is 18.5 Å². The van der Waals surface area contributed by atoms with Crippen molar-refractivity contribution in [3.05, 3.63) is 89.4 Å². The molecule has 0 radical (unpaired) electrons. The van der Waals surface area contributed by atoms with E-state index in [4.69, 9.17) is 4.99 Å². The van der Waals surface area contributed by atoms with Gasteiger partial charge in [0.05, 0.1) is 11.8 Å². The molecule has 1 aliphatic heterocycles. The standard InChI is InChI=1S/C27H33N3/c1-5-9-24-13-12-23(18-21(24)2)20-30-17-15-25(19-22(30)3)27(14-16-28-4)29-26-10-7-6-8-11-26/h5,9,12-19,26H,3-4,6-8,10-11,20H2,1-2H3/b9-5-,16-14-,29-27+. The van der Waals surface area contributed by atoms with E-state index >= 15 is 0 Å². The monoisotopic (exact) mass is 399 g/mol. The number of rotatable bonds is 7. The average molecular weight is 400 g/mol. The van der Waals surface area contributed by atoms with Gasteiger partial charge in [-0.1, -0.05) is 56.2 Å². The van der Waals surface area contributed by atoms with Gasteiger partial charge in [-0.05, 0) is 68.3 Å². The van der Waals surface area contributed by atoms with Crippen molar-refractivity contribution < 1.29 is 0 Å². The predicted octanol–water partition coefficient (Wildman–Crippen LogP) is 6.79. The van der Waals surface area contributed by atoms with Crippen LogP contribution in [0.4, 0.5) is 0 Å². The van der Waals surface area contributed by atoms with Crippen molar-refractivity contribution in [1.29, 1.82) is 0 Å². The van der Waals surface area contributed by atoms with Gasteiger partial charge in [-0.2, -0.15) is 0 Å². The Bertz CT molecular complexity index is 921. The van der Waals surface area contributed by atoms with Crippen LogP contribution in [0.15, 0.2) is 82.7 Å². The van der Waals surface area contributed by atoms with Crippen LogP contribution in [-0.4, -0.2) is 23.4 Å². The van der Waals surface area contributed by atoms with Gasteiger partial charge in [0.1, 0.15) is 0 Å². The highest BCUT2D eigenvalue weighted by molar-refractivity contribution is 6.10. The minimum Gasteiger partial charge on any atom is -0.344 e. The van der Waals surface area contributed by atoms with Gasteiger partial charge in [0.15, 0.2) is 0 Å². The van der Waals surface area contributed by atoms with E-state index in [1.807, 2.05) is 13.0 Å². The quantitative estimate of drug-likeness (QED) is 0.464. The first-order valence-corrected chi connectivity index (χ1v) is 10.9. The summed E-state index contributed by atoms with van der Waals surface area (Å²) >= 11 is 0. The van der Waals surface area contributed by atoms with Crippen molar-refractivity contribution in [3.63, 3.8) is 0 Å². The summed E-state index contributed by atoms with van der Waals surface area (Å²) < 4.78 is 0. The van der Waals surface area contributed by atoms with Crippen LogP contribution in [0, 0.1) is 6.92 Å². The molecule has 1 saturated carbocycles. The fourth-order valence-electron chi connectivity index (χ4n) is 4.03. The Morgan fingerprint density at radius 3 is 2.70 bits per heavy atom. The number of allylic oxidation sites excluding steroid dienone is 5. The smallest absolute Gasteiger partial charge is 0.0666 e. The summed E-state index contributed by atoms with van der Waals surface area (Å²) in [4.78, 5) is 11.1. The Hall–Kier alpha value is -2.94. The molecule has 0 aromatic heterocycles. The van der Waals surface area contributed by atoms with Crippen molar-refractivity contribution in [2.45, 2.75) is 58.5 Å². The number of hydrogen-bond acceptors (Lipinski definition) is 3. The van der Waals surface area contributed by atoms with Crippen LogP contribution >= 0.6 is 0 Å². The molecule has 0 bridgehead atoms. The number of benzene rings is 1. The zero-order valence-electron chi connectivity index (χ0n) is 18.3. The van der Waals surface area contributed by atoms with Crippen molar-refractivity contribution in [3.8, 4) is 0 Å². The van der Waals surface area contributed by atoms with Gasteiger partial charge in [0, 0.05) is 30.2 Å². The van der Waals surface area contributed by atoms with Gasteiger partial charge in [-0.25, -0.2) is 0 Å². The Kier molecular flexibility index (Phi) is 7.78. The molecule has 3 nitrogen and oxygen atoms in total. The Morgan fingerprint density at radius 1 is 1.23 bits per heavy atom. The van der Waals surface area contributed by atoms with Crippen molar-refractivity contribution in [2.24, 2.45) is 9.98 Å². The number of nitrogens with zero attached hydrogens (tertiary/aromatic N) is 3. The van der Waals surface area contributed by atoms with Gasteiger partial charge in [-0.3, -0.25) is 9.98 Å². The van der Waals surface area contributed by atoms with Gasteiger partial charge in [0.2, 0.25) is 0 Å². The Morgan fingerprint density at radius 2 is 2.03 bits per heavy atom. The molecule has 1 aliphatic carbocycles. The third-order valence-corrected chi connectivity index (χ3v) is 5.69. The summed E-state index contributed by atoms with van der Waals surface area (Å²) in [6.07, 6.45) is 20.5.